The molecular formula is C16H11O4-. The largest absolute Gasteiger partial charge is 0.545 e. The lowest BCUT2D eigenvalue weighted by Gasteiger charge is -2.25. The van der Waals surface area contributed by atoms with Crippen LogP contribution in [0.3, 0.4) is 0 Å². The summed E-state index contributed by atoms with van der Waals surface area (Å²) in [6, 6.07) is 13.7. The van der Waals surface area contributed by atoms with Gasteiger partial charge in [0.25, 0.3) is 0 Å². The molecule has 1 aliphatic heterocycles. The van der Waals surface area contributed by atoms with Gasteiger partial charge >= 0.3 is 5.97 Å². The number of hydrogen-bond acceptors (Lipinski definition) is 4. The SMILES string of the molecule is O=C([O-])c1ccc2c(c1)C[C@H](c1ccccc1)OC2=O. The minimum atomic E-state index is -1.25. The third-order valence-electron chi connectivity index (χ3n) is 3.39. The van der Waals surface area contributed by atoms with Crippen LogP contribution in [-0.4, -0.2) is 11.9 Å². The van der Waals surface area contributed by atoms with Gasteiger partial charge in [-0.3, -0.25) is 0 Å². The molecular weight excluding hydrogens is 256 g/mol. The molecule has 0 fully saturated rings. The zero-order chi connectivity index (χ0) is 14.1. The second-order valence-electron chi connectivity index (χ2n) is 4.67. The van der Waals surface area contributed by atoms with E-state index < -0.39 is 11.9 Å². The first-order valence-corrected chi connectivity index (χ1v) is 6.25. The fourth-order valence-corrected chi connectivity index (χ4v) is 2.38. The molecule has 20 heavy (non-hydrogen) atoms. The molecule has 1 heterocycles. The van der Waals surface area contributed by atoms with Gasteiger partial charge in [0.2, 0.25) is 0 Å². The summed E-state index contributed by atoms with van der Waals surface area (Å²) in [6.45, 7) is 0. The van der Waals surface area contributed by atoms with Crippen molar-refractivity contribution in [3.05, 3.63) is 70.8 Å². The molecule has 0 aromatic heterocycles. The third kappa shape index (κ3) is 2.16. The maximum absolute atomic E-state index is 12.0. The van der Waals surface area contributed by atoms with Crippen molar-refractivity contribution in [1.82, 2.24) is 0 Å². The minimum absolute atomic E-state index is 0.0743. The number of cyclic esters (lactones) is 1. The van der Waals surface area contributed by atoms with E-state index in [1.807, 2.05) is 30.3 Å². The molecule has 3 rings (SSSR count). The molecule has 0 amide bonds. The van der Waals surface area contributed by atoms with Crippen LogP contribution in [0.1, 0.15) is 37.9 Å². The molecule has 0 N–H and O–H groups in total. The molecule has 4 heteroatoms. The van der Waals surface area contributed by atoms with Gasteiger partial charge in [0.15, 0.2) is 0 Å². The van der Waals surface area contributed by atoms with E-state index in [0.717, 1.165) is 5.56 Å². The van der Waals surface area contributed by atoms with Crippen LogP contribution in [-0.2, 0) is 11.2 Å². The predicted octanol–water partition coefficient (Wildman–Crippen LogP) is 1.50. The number of rotatable bonds is 2. The highest BCUT2D eigenvalue weighted by molar-refractivity contribution is 5.94. The van der Waals surface area contributed by atoms with Gasteiger partial charge in [-0.05, 0) is 28.8 Å². The van der Waals surface area contributed by atoms with Crippen molar-refractivity contribution in [3.8, 4) is 0 Å². The normalized spacial score (nSPS) is 17.2. The molecule has 0 unspecified atom stereocenters. The average Bonchev–Trinajstić information content (AvgIpc) is 2.47. The number of hydrogen-bond donors (Lipinski definition) is 0. The standard InChI is InChI=1S/C16H12O4/c17-15(18)11-6-7-13-12(8-11)9-14(20-16(13)19)10-4-2-1-3-5-10/h1-8,14H,9H2,(H,17,18)/p-1/t14-/m1/s1. The molecule has 1 atom stereocenters. The van der Waals surface area contributed by atoms with Crippen molar-refractivity contribution >= 4 is 11.9 Å². The Morgan fingerprint density at radius 2 is 1.90 bits per heavy atom. The minimum Gasteiger partial charge on any atom is -0.545 e. The summed E-state index contributed by atoms with van der Waals surface area (Å²) in [4.78, 5) is 22.9. The monoisotopic (exact) mass is 267 g/mol. The summed E-state index contributed by atoms with van der Waals surface area (Å²) in [7, 11) is 0. The van der Waals surface area contributed by atoms with Crippen LogP contribution in [0, 0.1) is 0 Å². The lowest BCUT2D eigenvalue weighted by Crippen LogP contribution is -2.25. The number of carboxylic acids is 1. The van der Waals surface area contributed by atoms with Crippen LogP contribution in [0.25, 0.3) is 0 Å². The van der Waals surface area contributed by atoms with Gasteiger partial charge in [-0.1, -0.05) is 36.4 Å². The molecule has 100 valence electrons. The quantitative estimate of drug-likeness (QED) is 0.773. The van der Waals surface area contributed by atoms with Crippen molar-refractivity contribution in [1.29, 1.82) is 0 Å². The summed E-state index contributed by atoms with van der Waals surface area (Å²) < 4.78 is 5.40. The van der Waals surface area contributed by atoms with Crippen molar-refractivity contribution in [3.63, 3.8) is 0 Å². The summed E-state index contributed by atoms with van der Waals surface area (Å²) in [5.74, 6) is -1.67. The predicted molar refractivity (Wildman–Crippen MR) is 69.1 cm³/mol. The Balaban J connectivity index is 1.99. The number of carboxylic acid groups (broad SMARTS) is 1. The van der Waals surface area contributed by atoms with Crippen molar-refractivity contribution in [2.45, 2.75) is 12.5 Å². The lowest BCUT2D eigenvalue weighted by molar-refractivity contribution is -0.255. The number of fused-ring (bicyclic) bond motifs is 1. The van der Waals surface area contributed by atoms with Gasteiger partial charge in [0.1, 0.15) is 6.10 Å². The highest BCUT2D eigenvalue weighted by atomic mass is 16.5. The van der Waals surface area contributed by atoms with E-state index in [9.17, 15) is 14.7 Å². The molecule has 1 aliphatic rings. The van der Waals surface area contributed by atoms with E-state index in [2.05, 4.69) is 0 Å². The first-order valence-electron chi connectivity index (χ1n) is 6.25. The second-order valence-corrected chi connectivity index (χ2v) is 4.67. The number of benzene rings is 2. The van der Waals surface area contributed by atoms with Crippen LogP contribution in [0.2, 0.25) is 0 Å². The van der Waals surface area contributed by atoms with Gasteiger partial charge in [0.05, 0.1) is 11.5 Å². The molecule has 0 bridgehead atoms. The summed E-state index contributed by atoms with van der Waals surface area (Å²) >= 11 is 0. The van der Waals surface area contributed by atoms with Crippen LogP contribution < -0.4 is 5.11 Å². The van der Waals surface area contributed by atoms with Gasteiger partial charge in [-0.25, -0.2) is 4.79 Å². The Morgan fingerprint density at radius 3 is 2.60 bits per heavy atom. The maximum atomic E-state index is 12.0. The van der Waals surface area contributed by atoms with Crippen molar-refractivity contribution in [2.24, 2.45) is 0 Å². The number of carbonyl (C=O) groups is 2. The van der Waals surface area contributed by atoms with Gasteiger partial charge in [-0.15, -0.1) is 0 Å². The Morgan fingerprint density at radius 1 is 1.15 bits per heavy atom. The van der Waals surface area contributed by atoms with Crippen LogP contribution >= 0.6 is 0 Å². The van der Waals surface area contributed by atoms with E-state index in [4.69, 9.17) is 4.74 Å². The molecule has 0 spiro atoms. The van der Waals surface area contributed by atoms with E-state index in [1.165, 1.54) is 18.2 Å². The number of aromatic carboxylic acids is 1. The van der Waals surface area contributed by atoms with E-state index in [0.29, 0.717) is 17.5 Å². The van der Waals surface area contributed by atoms with Crippen molar-refractivity contribution < 1.29 is 19.4 Å². The molecule has 0 saturated carbocycles. The Labute approximate surface area is 115 Å². The highest BCUT2D eigenvalue weighted by Gasteiger charge is 2.27. The molecule has 0 radical (unpaired) electrons. The summed E-state index contributed by atoms with van der Waals surface area (Å²) in [5, 5.41) is 10.9. The summed E-state index contributed by atoms with van der Waals surface area (Å²) in [5.41, 5.74) is 2.06. The average molecular weight is 267 g/mol. The fourth-order valence-electron chi connectivity index (χ4n) is 2.38. The van der Waals surface area contributed by atoms with Gasteiger partial charge in [0, 0.05) is 6.42 Å². The maximum Gasteiger partial charge on any atom is 0.339 e. The van der Waals surface area contributed by atoms with E-state index >= 15 is 0 Å². The van der Waals surface area contributed by atoms with E-state index in [1.54, 1.807) is 0 Å². The zero-order valence-electron chi connectivity index (χ0n) is 10.5. The molecule has 4 nitrogen and oxygen atoms in total. The Kier molecular flexibility index (Phi) is 2.99. The van der Waals surface area contributed by atoms with Crippen LogP contribution in [0.5, 0.6) is 0 Å². The molecule has 0 saturated heterocycles. The number of carbonyl (C=O) groups excluding carboxylic acids is 2. The lowest BCUT2D eigenvalue weighted by atomic mass is 9.93. The number of ether oxygens (including phenoxy) is 1. The number of esters is 1. The zero-order valence-corrected chi connectivity index (χ0v) is 10.5. The Hall–Kier alpha value is -2.62. The topological polar surface area (TPSA) is 66.4 Å². The third-order valence-corrected chi connectivity index (χ3v) is 3.39. The van der Waals surface area contributed by atoms with Crippen LogP contribution in [0.15, 0.2) is 48.5 Å². The van der Waals surface area contributed by atoms with Crippen molar-refractivity contribution in [2.75, 3.05) is 0 Å². The Bertz CT molecular complexity index is 676. The fraction of sp³-hybridized carbons (Fsp3) is 0.125. The highest BCUT2D eigenvalue weighted by Crippen LogP contribution is 2.30. The molecule has 0 aliphatic carbocycles. The smallest absolute Gasteiger partial charge is 0.339 e. The summed E-state index contributed by atoms with van der Waals surface area (Å²) in [6.07, 6.45) is 0.0832. The van der Waals surface area contributed by atoms with Gasteiger partial charge in [-0.2, -0.15) is 0 Å². The molecule has 2 aromatic rings. The van der Waals surface area contributed by atoms with E-state index in [-0.39, 0.29) is 11.7 Å². The van der Waals surface area contributed by atoms with Gasteiger partial charge < -0.3 is 14.6 Å². The second kappa shape index (κ2) is 4.81. The first kappa shape index (κ1) is 12.4. The first-order chi connectivity index (χ1) is 9.65. The molecule has 2 aromatic carbocycles. The van der Waals surface area contributed by atoms with Crippen LogP contribution in [0.4, 0.5) is 0 Å².